The second kappa shape index (κ2) is 11.9. The van der Waals surface area contributed by atoms with Gasteiger partial charge in [-0.2, -0.15) is 0 Å². The van der Waals surface area contributed by atoms with Gasteiger partial charge in [-0.15, -0.1) is 5.10 Å². The smallest absolute Gasteiger partial charge is 0.252 e. The summed E-state index contributed by atoms with van der Waals surface area (Å²) < 4.78 is 20.6. The summed E-state index contributed by atoms with van der Waals surface area (Å²) in [6.07, 6.45) is 0.948. The number of rotatable bonds is 10. The molecule has 1 aliphatic rings. The minimum absolute atomic E-state index is 0.0738. The zero-order valence-electron chi connectivity index (χ0n) is 22.0. The average Bonchev–Trinajstić information content (AvgIpc) is 3.35. The summed E-state index contributed by atoms with van der Waals surface area (Å²) in [5.74, 6) is 0.424. The summed E-state index contributed by atoms with van der Waals surface area (Å²) in [4.78, 5) is 20.9. The number of H-pyrrole nitrogens is 1. The third-order valence-electron chi connectivity index (χ3n) is 7.18. The van der Waals surface area contributed by atoms with Crippen LogP contribution >= 0.6 is 0 Å². The normalized spacial score (nSPS) is 14.5. The summed E-state index contributed by atoms with van der Waals surface area (Å²) in [7, 11) is 0. The second-order valence-electron chi connectivity index (χ2n) is 10.0. The molecule has 3 heterocycles. The fourth-order valence-electron chi connectivity index (χ4n) is 4.96. The molecular formula is C28H34FN7O2. The average molecular weight is 520 g/mol. The number of fused-ring (bicyclic) bond motifs is 1. The first-order chi connectivity index (χ1) is 18.5. The first kappa shape index (κ1) is 26.1. The van der Waals surface area contributed by atoms with Gasteiger partial charge in [0, 0.05) is 37.1 Å². The Labute approximate surface area is 221 Å². The van der Waals surface area contributed by atoms with Gasteiger partial charge in [0.1, 0.15) is 5.82 Å². The second-order valence-corrected chi connectivity index (χ2v) is 10.0. The SMILES string of the molecule is Cc1ccc(C)c2[nH]c(=O)c(CN(CCCN3CCOCC3)Cc3nnnn3Cc3ccc(F)cc3)cc12. The molecule has 0 unspecified atom stereocenters. The van der Waals surface area contributed by atoms with Gasteiger partial charge in [0.15, 0.2) is 5.82 Å². The molecule has 0 spiro atoms. The zero-order valence-corrected chi connectivity index (χ0v) is 22.0. The lowest BCUT2D eigenvalue weighted by atomic mass is 10.0. The third kappa shape index (κ3) is 6.32. The van der Waals surface area contributed by atoms with Gasteiger partial charge >= 0.3 is 0 Å². The molecule has 1 aliphatic heterocycles. The number of nitrogens with zero attached hydrogens (tertiary/aromatic N) is 6. The maximum absolute atomic E-state index is 13.4. The van der Waals surface area contributed by atoms with Crippen molar-refractivity contribution in [2.24, 2.45) is 0 Å². The van der Waals surface area contributed by atoms with E-state index in [1.165, 1.54) is 12.1 Å². The van der Waals surface area contributed by atoms with Crippen molar-refractivity contribution in [3.05, 3.63) is 86.7 Å². The number of halogens is 1. The van der Waals surface area contributed by atoms with Crippen LogP contribution in [0.1, 0.15) is 34.5 Å². The Morgan fingerprint density at radius 2 is 1.82 bits per heavy atom. The number of hydrogen-bond acceptors (Lipinski definition) is 7. The highest BCUT2D eigenvalue weighted by atomic mass is 19.1. The van der Waals surface area contributed by atoms with E-state index in [0.717, 1.165) is 79.0 Å². The number of hydrogen-bond donors (Lipinski definition) is 1. The fourth-order valence-corrected chi connectivity index (χ4v) is 4.96. The van der Waals surface area contributed by atoms with Crippen LogP contribution in [-0.2, 0) is 24.4 Å². The van der Waals surface area contributed by atoms with Crippen molar-refractivity contribution >= 4 is 10.9 Å². The van der Waals surface area contributed by atoms with Gasteiger partial charge in [-0.25, -0.2) is 9.07 Å². The molecular weight excluding hydrogens is 485 g/mol. The first-order valence-electron chi connectivity index (χ1n) is 13.1. The number of benzene rings is 2. The predicted molar refractivity (Wildman–Crippen MR) is 143 cm³/mol. The standard InChI is InChI=1S/C28H34FN7O2/c1-20-4-5-21(2)27-25(20)16-23(28(37)30-27)18-35(11-3-10-34-12-14-38-15-13-34)19-26-31-32-33-36(26)17-22-6-8-24(29)9-7-22/h4-9,16H,3,10-15,17-19H2,1-2H3,(H,30,37). The minimum Gasteiger partial charge on any atom is -0.379 e. The van der Waals surface area contributed by atoms with E-state index in [1.807, 2.05) is 19.1 Å². The lowest BCUT2D eigenvalue weighted by Crippen LogP contribution is -2.38. The molecule has 1 fully saturated rings. The molecule has 0 atom stereocenters. The molecule has 1 N–H and O–H groups in total. The Morgan fingerprint density at radius 3 is 2.61 bits per heavy atom. The predicted octanol–water partition coefficient (Wildman–Crippen LogP) is 3.04. The Morgan fingerprint density at radius 1 is 1.05 bits per heavy atom. The van der Waals surface area contributed by atoms with Gasteiger partial charge in [0.05, 0.1) is 31.8 Å². The molecule has 0 aliphatic carbocycles. The summed E-state index contributed by atoms with van der Waals surface area (Å²) in [5, 5.41) is 13.4. The summed E-state index contributed by atoms with van der Waals surface area (Å²) in [6, 6.07) is 12.5. The molecule has 38 heavy (non-hydrogen) atoms. The van der Waals surface area contributed by atoms with E-state index in [2.05, 4.69) is 43.3 Å². The van der Waals surface area contributed by atoms with Crippen LogP contribution < -0.4 is 5.56 Å². The van der Waals surface area contributed by atoms with Gasteiger partial charge in [0.2, 0.25) is 0 Å². The van der Waals surface area contributed by atoms with Gasteiger partial charge in [-0.05, 0) is 72.1 Å². The van der Waals surface area contributed by atoms with E-state index in [0.29, 0.717) is 25.5 Å². The van der Waals surface area contributed by atoms with Crippen molar-refractivity contribution in [2.45, 2.75) is 39.9 Å². The Balaban J connectivity index is 1.36. The quantitative estimate of drug-likeness (QED) is 0.344. The monoisotopic (exact) mass is 519 g/mol. The van der Waals surface area contributed by atoms with Crippen LogP contribution in [0.25, 0.3) is 10.9 Å². The molecule has 200 valence electrons. The van der Waals surface area contributed by atoms with E-state index in [4.69, 9.17) is 4.74 Å². The third-order valence-corrected chi connectivity index (χ3v) is 7.18. The maximum atomic E-state index is 13.4. The minimum atomic E-state index is -0.275. The number of pyridine rings is 1. The van der Waals surface area contributed by atoms with Gasteiger partial charge in [0.25, 0.3) is 5.56 Å². The number of morpholine rings is 1. The van der Waals surface area contributed by atoms with Crippen LogP contribution in [0.2, 0.25) is 0 Å². The molecule has 5 rings (SSSR count). The number of aromatic nitrogens is 5. The van der Waals surface area contributed by atoms with Gasteiger partial charge < -0.3 is 9.72 Å². The molecule has 2 aromatic carbocycles. The van der Waals surface area contributed by atoms with Crippen molar-refractivity contribution in [1.29, 1.82) is 0 Å². The van der Waals surface area contributed by atoms with E-state index >= 15 is 0 Å². The lowest BCUT2D eigenvalue weighted by Gasteiger charge is -2.28. The van der Waals surface area contributed by atoms with E-state index in [9.17, 15) is 9.18 Å². The van der Waals surface area contributed by atoms with Gasteiger partial charge in [-0.3, -0.25) is 14.6 Å². The van der Waals surface area contributed by atoms with Crippen LogP contribution in [0.4, 0.5) is 4.39 Å². The largest absolute Gasteiger partial charge is 0.379 e. The highest BCUT2D eigenvalue weighted by molar-refractivity contribution is 5.85. The lowest BCUT2D eigenvalue weighted by molar-refractivity contribution is 0.0358. The summed E-state index contributed by atoms with van der Waals surface area (Å²) in [6.45, 7) is 10.7. The van der Waals surface area contributed by atoms with Crippen LogP contribution in [0.3, 0.4) is 0 Å². The van der Waals surface area contributed by atoms with Crippen LogP contribution in [-0.4, -0.2) is 74.4 Å². The molecule has 1 saturated heterocycles. The van der Waals surface area contributed by atoms with Gasteiger partial charge in [-0.1, -0.05) is 24.3 Å². The van der Waals surface area contributed by atoms with Crippen molar-refractivity contribution in [2.75, 3.05) is 39.4 Å². The van der Waals surface area contributed by atoms with Crippen molar-refractivity contribution in [3.63, 3.8) is 0 Å². The molecule has 0 amide bonds. The Kier molecular flexibility index (Phi) is 8.21. The number of tetrazole rings is 1. The fraction of sp³-hybridized carbons (Fsp3) is 0.429. The van der Waals surface area contributed by atoms with E-state index < -0.39 is 0 Å². The zero-order chi connectivity index (χ0) is 26.5. The number of aryl methyl sites for hydroxylation is 2. The Hall–Kier alpha value is -3.47. The maximum Gasteiger partial charge on any atom is 0.252 e. The highest BCUT2D eigenvalue weighted by Gasteiger charge is 2.17. The first-order valence-corrected chi connectivity index (χ1v) is 13.1. The van der Waals surface area contributed by atoms with E-state index in [1.54, 1.807) is 16.8 Å². The number of ether oxygens (including phenoxy) is 1. The van der Waals surface area contributed by atoms with Crippen molar-refractivity contribution in [3.8, 4) is 0 Å². The van der Waals surface area contributed by atoms with Crippen molar-refractivity contribution < 1.29 is 9.13 Å². The molecule has 9 nitrogen and oxygen atoms in total. The number of aromatic amines is 1. The molecule has 0 radical (unpaired) electrons. The Bertz CT molecular complexity index is 1430. The van der Waals surface area contributed by atoms with Crippen molar-refractivity contribution in [1.82, 2.24) is 35.0 Å². The molecule has 2 aromatic heterocycles. The number of nitrogens with one attached hydrogen (secondary N) is 1. The highest BCUT2D eigenvalue weighted by Crippen LogP contribution is 2.20. The molecule has 4 aromatic rings. The summed E-state index contributed by atoms with van der Waals surface area (Å²) in [5.41, 5.74) is 4.63. The van der Waals surface area contributed by atoms with E-state index in [-0.39, 0.29) is 11.4 Å². The van der Waals surface area contributed by atoms with Crippen LogP contribution in [0, 0.1) is 19.7 Å². The molecule has 0 saturated carbocycles. The van der Waals surface area contributed by atoms with Crippen LogP contribution in [0.15, 0.2) is 47.3 Å². The molecule has 0 bridgehead atoms. The molecule has 10 heteroatoms. The summed E-state index contributed by atoms with van der Waals surface area (Å²) >= 11 is 0. The van der Waals surface area contributed by atoms with Crippen LogP contribution in [0.5, 0.6) is 0 Å². The topological polar surface area (TPSA) is 92.2 Å².